The average Bonchev–Trinajstić information content (AvgIpc) is 2.42. The molecule has 0 radical (unpaired) electrons. The van der Waals surface area contributed by atoms with Crippen LogP contribution in [0.1, 0.15) is 22.8 Å². The summed E-state index contributed by atoms with van der Waals surface area (Å²) < 4.78 is 19.4. The predicted octanol–water partition coefficient (Wildman–Crippen LogP) is 4.20. The first-order chi connectivity index (χ1) is 9.88. The van der Waals surface area contributed by atoms with Crippen LogP contribution in [-0.2, 0) is 0 Å². The maximum absolute atomic E-state index is 13.6. The second-order valence-corrected chi connectivity index (χ2v) is 5.15. The van der Waals surface area contributed by atoms with Gasteiger partial charge in [0.15, 0.2) is 5.78 Å². The first kappa shape index (κ1) is 15.0. The molecule has 0 bridgehead atoms. The molecule has 0 amide bonds. The van der Waals surface area contributed by atoms with Crippen LogP contribution >= 0.6 is 0 Å². The molecule has 3 nitrogen and oxygen atoms in total. The summed E-state index contributed by atoms with van der Waals surface area (Å²) in [6.07, 6.45) is 0. The lowest BCUT2D eigenvalue weighted by atomic mass is 10.1. The van der Waals surface area contributed by atoms with E-state index in [2.05, 4.69) is 0 Å². The van der Waals surface area contributed by atoms with Crippen molar-refractivity contribution in [2.24, 2.45) is 0 Å². The number of hydrogen-bond donors (Lipinski definition) is 0. The molecule has 110 valence electrons. The number of halogens is 1. The standard InChI is InChI=1S/C17H18FNO2/c1-11-8-17(15(12(2)20)10-16(11)18)21-14-7-5-6-13(9-14)19(3)4/h5-10H,1-4H3. The van der Waals surface area contributed by atoms with Crippen molar-refractivity contribution in [2.45, 2.75) is 13.8 Å². The zero-order valence-corrected chi connectivity index (χ0v) is 12.6. The predicted molar refractivity (Wildman–Crippen MR) is 82.0 cm³/mol. The number of anilines is 1. The van der Waals surface area contributed by atoms with Crippen molar-refractivity contribution in [3.8, 4) is 11.5 Å². The van der Waals surface area contributed by atoms with Gasteiger partial charge >= 0.3 is 0 Å². The maximum atomic E-state index is 13.6. The minimum absolute atomic E-state index is 0.229. The third kappa shape index (κ3) is 3.40. The number of aryl methyl sites for hydroxylation is 1. The average molecular weight is 287 g/mol. The van der Waals surface area contributed by atoms with Gasteiger partial charge in [0, 0.05) is 25.8 Å². The largest absolute Gasteiger partial charge is 0.457 e. The second-order valence-electron chi connectivity index (χ2n) is 5.15. The summed E-state index contributed by atoms with van der Waals surface area (Å²) in [5.74, 6) is 0.342. The Bertz CT molecular complexity index is 680. The lowest BCUT2D eigenvalue weighted by Gasteiger charge is -2.15. The van der Waals surface area contributed by atoms with Crippen molar-refractivity contribution in [3.05, 3.63) is 53.3 Å². The zero-order valence-electron chi connectivity index (χ0n) is 12.6. The first-order valence-electron chi connectivity index (χ1n) is 6.65. The fourth-order valence-corrected chi connectivity index (χ4v) is 1.97. The SMILES string of the molecule is CC(=O)c1cc(F)c(C)cc1Oc1cccc(N(C)C)c1. The molecule has 21 heavy (non-hydrogen) atoms. The summed E-state index contributed by atoms with van der Waals surface area (Å²) in [7, 11) is 3.87. The molecule has 0 unspecified atom stereocenters. The molecule has 0 spiro atoms. The Morgan fingerprint density at radius 3 is 2.52 bits per heavy atom. The van der Waals surface area contributed by atoms with Crippen molar-refractivity contribution in [1.82, 2.24) is 0 Å². The highest BCUT2D eigenvalue weighted by Crippen LogP contribution is 2.30. The maximum Gasteiger partial charge on any atom is 0.163 e. The van der Waals surface area contributed by atoms with E-state index in [0.717, 1.165) is 5.69 Å². The van der Waals surface area contributed by atoms with Crippen LogP contribution in [0.2, 0.25) is 0 Å². The molecular formula is C17H18FNO2. The number of Topliss-reactive ketones (excluding diaryl/α,β-unsaturated/α-hetero) is 1. The van der Waals surface area contributed by atoms with E-state index in [-0.39, 0.29) is 11.3 Å². The van der Waals surface area contributed by atoms with Crippen LogP contribution in [0.15, 0.2) is 36.4 Å². The van der Waals surface area contributed by atoms with Crippen LogP contribution in [-0.4, -0.2) is 19.9 Å². The summed E-state index contributed by atoms with van der Waals surface area (Å²) in [5, 5.41) is 0. The van der Waals surface area contributed by atoms with E-state index < -0.39 is 5.82 Å². The van der Waals surface area contributed by atoms with Gasteiger partial charge in [-0.05, 0) is 43.7 Å². The number of carbonyl (C=O) groups is 1. The minimum atomic E-state index is -0.408. The lowest BCUT2D eigenvalue weighted by Crippen LogP contribution is -2.08. The molecule has 0 atom stereocenters. The van der Waals surface area contributed by atoms with Gasteiger partial charge in [0.2, 0.25) is 0 Å². The van der Waals surface area contributed by atoms with Gasteiger partial charge in [-0.2, -0.15) is 0 Å². The molecule has 4 heteroatoms. The molecule has 0 N–H and O–H groups in total. The Hall–Kier alpha value is -2.36. The third-order valence-corrected chi connectivity index (χ3v) is 3.20. The quantitative estimate of drug-likeness (QED) is 0.789. The molecule has 0 aromatic heterocycles. The molecule has 0 aliphatic heterocycles. The highest BCUT2D eigenvalue weighted by atomic mass is 19.1. The molecule has 0 aliphatic rings. The highest BCUT2D eigenvalue weighted by molar-refractivity contribution is 5.97. The number of ketones is 1. The molecule has 2 rings (SSSR count). The Balaban J connectivity index is 2.41. The molecule has 0 saturated heterocycles. The summed E-state index contributed by atoms with van der Waals surface area (Å²) in [4.78, 5) is 13.6. The van der Waals surface area contributed by atoms with Gasteiger partial charge in [-0.1, -0.05) is 6.07 Å². The van der Waals surface area contributed by atoms with Gasteiger partial charge in [-0.3, -0.25) is 4.79 Å². The Morgan fingerprint density at radius 1 is 1.19 bits per heavy atom. The highest BCUT2D eigenvalue weighted by Gasteiger charge is 2.13. The van der Waals surface area contributed by atoms with E-state index >= 15 is 0 Å². The third-order valence-electron chi connectivity index (χ3n) is 3.20. The van der Waals surface area contributed by atoms with E-state index in [1.807, 2.05) is 37.2 Å². The van der Waals surface area contributed by atoms with Crippen LogP contribution < -0.4 is 9.64 Å². The van der Waals surface area contributed by atoms with E-state index in [0.29, 0.717) is 17.1 Å². The van der Waals surface area contributed by atoms with Crippen molar-refractivity contribution >= 4 is 11.5 Å². The first-order valence-corrected chi connectivity index (χ1v) is 6.65. The number of benzene rings is 2. The van der Waals surface area contributed by atoms with Gasteiger partial charge in [-0.15, -0.1) is 0 Å². The molecular weight excluding hydrogens is 269 g/mol. The number of nitrogens with zero attached hydrogens (tertiary/aromatic N) is 1. The summed E-state index contributed by atoms with van der Waals surface area (Å²) in [5.41, 5.74) is 1.67. The minimum Gasteiger partial charge on any atom is -0.457 e. The molecule has 0 heterocycles. The van der Waals surface area contributed by atoms with Crippen molar-refractivity contribution in [2.75, 3.05) is 19.0 Å². The number of hydrogen-bond acceptors (Lipinski definition) is 3. The van der Waals surface area contributed by atoms with Gasteiger partial charge < -0.3 is 9.64 Å². The fourth-order valence-electron chi connectivity index (χ4n) is 1.97. The van der Waals surface area contributed by atoms with Gasteiger partial charge in [-0.25, -0.2) is 4.39 Å². The van der Waals surface area contributed by atoms with E-state index in [1.165, 1.54) is 13.0 Å². The van der Waals surface area contributed by atoms with Crippen molar-refractivity contribution < 1.29 is 13.9 Å². The van der Waals surface area contributed by atoms with Gasteiger partial charge in [0.1, 0.15) is 17.3 Å². The summed E-state index contributed by atoms with van der Waals surface area (Å²) in [6, 6.07) is 10.3. The van der Waals surface area contributed by atoms with E-state index in [9.17, 15) is 9.18 Å². The number of carbonyl (C=O) groups excluding carboxylic acids is 1. The van der Waals surface area contributed by atoms with E-state index in [4.69, 9.17) is 4.74 Å². The summed E-state index contributed by atoms with van der Waals surface area (Å²) in [6.45, 7) is 3.04. The van der Waals surface area contributed by atoms with Crippen LogP contribution in [0.5, 0.6) is 11.5 Å². The number of ether oxygens (including phenoxy) is 1. The van der Waals surface area contributed by atoms with Crippen LogP contribution in [0.25, 0.3) is 0 Å². The Kier molecular flexibility index (Phi) is 4.26. The zero-order chi connectivity index (χ0) is 15.6. The molecule has 0 saturated carbocycles. The van der Waals surface area contributed by atoms with Crippen molar-refractivity contribution in [1.29, 1.82) is 0 Å². The summed E-state index contributed by atoms with van der Waals surface area (Å²) >= 11 is 0. The van der Waals surface area contributed by atoms with Crippen molar-refractivity contribution in [3.63, 3.8) is 0 Å². The van der Waals surface area contributed by atoms with Gasteiger partial charge in [0.25, 0.3) is 0 Å². The second kappa shape index (κ2) is 5.95. The number of rotatable bonds is 4. The lowest BCUT2D eigenvalue weighted by molar-refractivity contribution is 0.101. The fraction of sp³-hybridized carbons (Fsp3) is 0.235. The molecule has 0 fully saturated rings. The normalized spacial score (nSPS) is 10.3. The topological polar surface area (TPSA) is 29.5 Å². The Labute approximate surface area is 124 Å². The molecule has 2 aromatic carbocycles. The van der Waals surface area contributed by atoms with Gasteiger partial charge in [0.05, 0.1) is 5.56 Å². The van der Waals surface area contributed by atoms with Crippen LogP contribution in [0.4, 0.5) is 10.1 Å². The van der Waals surface area contributed by atoms with Crippen LogP contribution in [0, 0.1) is 12.7 Å². The van der Waals surface area contributed by atoms with Crippen LogP contribution in [0.3, 0.4) is 0 Å². The molecule has 0 aliphatic carbocycles. The van der Waals surface area contributed by atoms with E-state index in [1.54, 1.807) is 19.1 Å². The smallest absolute Gasteiger partial charge is 0.163 e. The Morgan fingerprint density at radius 2 is 1.90 bits per heavy atom. The monoisotopic (exact) mass is 287 g/mol. The molecule has 2 aromatic rings.